The van der Waals surface area contributed by atoms with Crippen molar-refractivity contribution < 1.29 is 4.74 Å². The Hall–Kier alpha value is -0.590. The Morgan fingerprint density at radius 2 is 2.25 bits per heavy atom. The molecule has 3 heteroatoms. The third-order valence-electron chi connectivity index (χ3n) is 3.30. The molecule has 1 rings (SSSR count). The number of nitriles is 1. The maximum Gasteiger partial charge on any atom is 0.127 e. The molecule has 1 atom stereocenters. The molecule has 92 valence electrons. The first kappa shape index (κ1) is 13.5. The molecule has 1 fully saturated rings. The lowest BCUT2D eigenvalue weighted by Gasteiger charge is -2.26. The Balaban J connectivity index is 2.09. The molecule has 1 aliphatic carbocycles. The molecule has 0 aromatic carbocycles. The largest absolute Gasteiger partial charge is 0.378 e. The molecule has 0 saturated heterocycles. The normalized spacial score (nSPS) is 19.8. The van der Waals surface area contributed by atoms with Crippen molar-refractivity contribution in [2.75, 3.05) is 19.8 Å². The van der Waals surface area contributed by atoms with Crippen molar-refractivity contribution in [3.63, 3.8) is 0 Å². The first-order valence-corrected chi connectivity index (χ1v) is 6.44. The fourth-order valence-electron chi connectivity index (χ4n) is 1.83. The SMILES string of the molecule is CCCNC(C)(C#N)COCCC1CCC1. The second-order valence-corrected chi connectivity index (χ2v) is 5.01. The molecular weight excluding hydrogens is 200 g/mol. The van der Waals surface area contributed by atoms with Crippen LogP contribution in [-0.2, 0) is 4.74 Å². The molecule has 0 aliphatic heterocycles. The Kier molecular flexibility index (Phi) is 5.79. The van der Waals surface area contributed by atoms with E-state index in [0.29, 0.717) is 6.61 Å². The van der Waals surface area contributed by atoms with Gasteiger partial charge in [-0.1, -0.05) is 26.2 Å². The van der Waals surface area contributed by atoms with Crippen molar-refractivity contribution in [1.29, 1.82) is 5.26 Å². The highest BCUT2D eigenvalue weighted by molar-refractivity contribution is 5.03. The number of ether oxygens (including phenoxy) is 1. The molecule has 3 nitrogen and oxygen atoms in total. The van der Waals surface area contributed by atoms with E-state index in [1.54, 1.807) is 0 Å². The Labute approximate surface area is 99.2 Å². The van der Waals surface area contributed by atoms with Crippen molar-refractivity contribution in [2.24, 2.45) is 5.92 Å². The van der Waals surface area contributed by atoms with E-state index >= 15 is 0 Å². The van der Waals surface area contributed by atoms with Crippen molar-refractivity contribution in [2.45, 2.75) is 51.5 Å². The maximum absolute atomic E-state index is 9.09. The zero-order chi connectivity index (χ0) is 11.9. The summed E-state index contributed by atoms with van der Waals surface area (Å²) in [6.07, 6.45) is 6.33. The second kappa shape index (κ2) is 6.88. The Bertz CT molecular complexity index is 233. The van der Waals surface area contributed by atoms with Gasteiger partial charge in [0.05, 0.1) is 12.7 Å². The van der Waals surface area contributed by atoms with Gasteiger partial charge in [-0.15, -0.1) is 0 Å². The predicted molar refractivity (Wildman–Crippen MR) is 65.1 cm³/mol. The smallest absolute Gasteiger partial charge is 0.127 e. The molecule has 0 spiro atoms. The van der Waals surface area contributed by atoms with Crippen molar-refractivity contribution in [3.8, 4) is 6.07 Å². The predicted octanol–water partition coefficient (Wildman–Crippen LogP) is 2.48. The average Bonchev–Trinajstić information content (AvgIpc) is 2.24. The van der Waals surface area contributed by atoms with Crippen LogP contribution in [0.2, 0.25) is 0 Å². The van der Waals surface area contributed by atoms with E-state index in [-0.39, 0.29) is 0 Å². The van der Waals surface area contributed by atoms with Crippen LogP contribution in [0.1, 0.15) is 46.0 Å². The van der Waals surface area contributed by atoms with Crippen LogP contribution in [0.3, 0.4) is 0 Å². The first-order chi connectivity index (χ1) is 7.70. The minimum Gasteiger partial charge on any atom is -0.378 e. The van der Waals surface area contributed by atoms with Gasteiger partial charge < -0.3 is 4.74 Å². The minimum atomic E-state index is -0.518. The van der Waals surface area contributed by atoms with Gasteiger partial charge in [0.1, 0.15) is 5.54 Å². The van der Waals surface area contributed by atoms with Crippen molar-refractivity contribution >= 4 is 0 Å². The highest BCUT2D eigenvalue weighted by atomic mass is 16.5. The molecular formula is C13H24N2O. The summed E-state index contributed by atoms with van der Waals surface area (Å²) in [6.45, 7) is 6.18. The van der Waals surface area contributed by atoms with E-state index in [2.05, 4.69) is 18.3 Å². The van der Waals surface area contributed by atoms with Gasteiger partial charge in [0.25, 0.3) is 0 Å². The van der Waals surface area contributed by atoms with Crippen LogP contribution in [0, 0.1) is 17.2 Å². The molecule has 1 saturated carbocycles. The summed E-state index contributed by atoms with van der Waals surface area (Å²) in [4.78, 5) is 0. The summed E-state index contributed by atoms with van der Waals surface area (Å²) in [6, 6.07) is 2.29. The van der Waals surface area contributed by atoms with Gasteiger partial charge in [-0.3, -0.25) is 5.32 Å². The summed E-state index contributed by atoms with van der Waals surface area (Å²) in [7, 11) is 0. The van der Waals surface area contributed by atoms with E-state index in [9.17, 15) is 0 Å². The summed E-state index contributed by atoms with van der Waals surface area (Å²) in [5, 5.41) is 12.3. The third kappa shape index (κ3) is 4.51. The lowest BCUT2D eigenvalue weighted by Crippen LogP contribution is -2.45. The van der Waals surface area contributed by atoms with Crippen LogP contribution >= 0.6 is 0 Å². The van der Waals surface area contributed by atoms with Crippen molar-refractivity contribution in [3.05, 3.63) is 0 Å². The number of hydrogen-bond donors (Lipinski definition) is 1. The zero-order valence-electron chi connectivity index (χ0n) is 10.6. The third-order valence-corrected chi connectivity index (χ3v) is 3.30. The van der Waals surface area contributed by atoms with Gasteiger partial charge in [-0.25, -0.2) is 0 Å². The number of rotatable bonds is 8. The topological polar surface area (TPSA) is 45.0 Å². The van der Waals surface area contributed by atoms with Crippen LogP contribution in [0.15, 0.2) is 0 Å². The fraction of sp³-hybridized carbons (Fsp3) is 0.923. The minimum absolute atomic E-state index is 0.496. The van der Waals surface area contributed by atoms with E-state index in [1.807, 2.05) is 6.92 Å². The van der Waals surface area contributed by atoms with Gasteiger partial charge >= 0.3 is 0 Å². The number of hydrogen-bond acceptors (Lipinski definition) is 3. The average molecular weight is 224 g/mol. The van der Waals surface area contributed by atoms with E-state index in [0.717, 1.165) is 31.9 Å². The second-order valence-electron chi connectivity index (χ2n) is 5.01. The molecule has 0 aromatic heterocycles. The molecule has 0 heterocycles. The first-order valence-electron chi connectivity index (χ1n) is 6.44. The summed E-state index contributed by atoms with van der Waals surface area (Å²) >= 11 is 0. The summed E-state index contributed by atoms with van der Waals surface area (Å²) in [5.74, 6) is 0.886. The molecule has 1 N–H and O–H groups in total. The quantitative estimate of drug-likeness (QED) is 0.644. The van der Waals surface area contributed by atoms with Crippen LogP contribution in [0.5, 0.6) is 0 Å². The Morgan fingerprint density at radius 1 is 1.50 bits per heavy atom. The molecule has 1 aliphatic rings. The molecule has 0 radical (unpaired) electrons. The lowest BCUT2D eigenvalue weighted by molar-refractivity contribution is 0.0762. The standard InChI is InChI=1S/C13H24N2O/c1-3-8-15-13(2,10-14)11-16-9-7-12-5-4-6-12/h12,15H,3-9,11H2,1-2H3. The monoisotopic (exact) mass is 224 g/mol. The van der Waals surface area contributed by atoms with Crippen LogP contribution < -0.4 is 5.32 Å². The highest BCUT2D eigenvalue weighted by Crippen LogP contribution is 2.29. The van der Waals surface area contributed by atoms with Gasteiger partial charge in [-0.2, -0.15) is 5.26 Å². The summed E-state index contributed by atoms with van der Waals surface area (Å²) in [5.41, 5.74) is -0.518. The number of nitrogens with zero attached hydrogens (tertiary/aromatic N) is 1. The van der Waals surface area contributed by atoms with E-state index < -0.39 is 5.54 Å². The van der Waals surface area contributed by atoms with E-state index in [4.69, 9.17) is 10.00 Å². The number of nitrogens with one attached hydrogen (secondary N) is 1. The molecule has 1 unspecified atom stereocenters. The maximum atomic E-state index is 9.09. The zero-order valence-corrected chi connectivity index (χ0v) is 10.6. The van der Waals surface area contributed by atoms with E-state index in [1.165, 1.54) is 19.3 Å². The van der Waals surface area contributed by atoms with Gasteiger partial charge in [0.2, 0.25) is 0 Å². The molecule has 0 amide bonds. The fourth-order valence-corrected chi connectivity index (χ4v) is 1.83. The van der Waals surface area contributed by atoms with Gasteiger partial charge in [0, 0.05) is 6.61 Å². The van der Waals surface area contributed by atoms with Crippen LogP contribution in [0.4, 0.5) is 0 Å². The molecule has 0 aromatic rings. The van der Waals surface area contributed by atoms with Gasteiger partial charge in [0.15, 0.2) is 0 Å². The Morgan fingerprint density at radius 3 is 2.75 bits per heavy atom. The van der Waals surface area contributed by atoms with Crippen molar-refractivity contribution in [1.82, 2.24) is 5.32 Å². The van der Waals surface area contributed by atoms with Gasteiger partial charge in [-0.05, 0) is 32.2 Å². The highest BCUT2D eigenvalue weighted by Gasteiger charge is 2.23. The van der Waals surface area contributed by atoms with Crippen LogP contribution in [-0.4, -0.2) is 25.3 Å². The molecule has 16 heavy (non-hydrogen) atoms. The van der Waals surface area contributed by atoms with Crippen LogP contribution in [0.25, 0.3) is 0 Å². The molecule has 0 bridgehead atoms. The lowest BCUT2D eigenvalue weighted by atomic mass is 9.83. The summed E-state index contributed by atoms with van der Waals surface area (Å²) < 4.78 is 5.61.